The van der Waals surface area contributed by atoms with Crippen molar-refractivity contribution in [1.82, 2.24) is 10.6 Å². The molecule has 0 radical (unpaired) electrons. The number of carbonyl (C=O) groups is 1. The summed E-state index contributed by atoms with van der Waals surface area (Å²) >= 11 is 0. The van der Waals surface area contributed by atoms with Gasteiger partial charge in [-0.3, -0.25) is 4.79 Å². The molecule has 1 rings (SSSR count). The molecule has 0 aromatic rings. The van der Waals surface area contributed by atoms with E-state index in [9.17, 15) is 9.90 Å². The molecule has 0 aromatic carbocycles. The van der Waals surface area contributed by atoms with Crippen LogP contribution >= 0.6 is 0 Å². The van der Waals surface area contributed by atoms with Crippen molar-refractivity contribution >= 4 is 5.91 Å². The van der Waals surface area contributed by atoms with E-state index in [4.69, 9.17) is 5.26 Å². The third kappa shape index (κ3) is 3.50. The summed E-state index contributed by atoms with van der Waals surface area (Å²) in [5, 5.41) is 23.6. The molecular formula is C10H17N3O2. The Balaban J connectivity index is 2.34. The van der Waals surface area contributed by atoms with Gasteiger partial charge in [0.05, 0.1) is 23.6 Å². The fourth-order valence-electron chi connectivity index (χ4n) is 1.39. The van der Waals surface area contributed by atoms with Gasteiger partial charge in [-0.25, -0.2) is 0 Å². The molecule has 84 valence electrons. The van der Waals surface area contributed by atoms with Crippen LogP contribution in [0.3, 0.4) is 0 Å². The number of carbonyl (C=O) groups excluding carboxylic acids is 1. The van der Waals surface area contributed by atoms with Crippen LogP contribution in [-0.4, -0.2) is 36.2 Å². The normalized spacial score (nSPS) is 26.0. The standard InChI is InChI=1S/C10H17N3O2/c1-10(2,5-11)6-13-9(15)8-3-7(14)4-12-8/h7-8,12,14H,3-4,6H2,1-2H3,(H,13,15). The first kappa shape index (κ1) is 12.0. The molecule has 0 aliphatic carbocycles. The van der Waals surface area contributed by atoms with Crippen LogP contribution in [0.25, 0.3) is 0 Å². The van der Waals surface area contributed by atoms with Gasteiger partial charge in [-0.1, -0.05) is 0 Å². The SMILES string of the molecule is CC(C)(C#N)CNC(=O)C1CC(O)CN1. The van der Waals surface area contributed by atoms with Gasteiger partial charge in [-0.2, -0.15) is 5.26 Å². The van der Waals surface area contributed by atoms with Crippen molar-refractivity contribution in [3.8, 4) is 6.07 Å². The second-order valence-electron chi connectivity index (χ2n) is 4.56. The zero-order chi connectivity index (χ0) is 11.5. The molecule has 15 heavy (non-hydrogen) atoms. The maximum Gasteiger partial charge on any atom is 0.237 e. The molecule has 1 aliphatic rings. The summed E-state index contributed by atoms with van der Waals surface area (Å²) in [5.74, 6) is -0.144. The maximum absolute atomic E-state index is 11.6. The van der Waals surface area contributed by atoms with E-state index in [1.807, 2.05) is 0 Å². The minimum atomic E-state index is -0.549. The van der Waals surface area contributed by atoms with E-state index in [2.05, 4.69) is 16.7 Å². The summed E-state index contributed by atoms with van der Waals surface area (Å²) in [7, 11) is 0. The number of β-amino-alcohol motifs (C(OH)–C–C–N with tert-alkyl or cyclic N) is 1. The smallest absolute Gasteiger partial charge is 0.237 e. The van der Waals surface area contributed by atoms with Crippen molar-refractivity contribution in [2.75, 3.05) is 13.1 Å². The summed E-state index contributed by atoms with van der Waals surface area (Å²) in [4.78, 5) is 11.6. The van der Waals surface area contributed by atoms with Gasteiger partial charge in [0.15, 0.2) is 0 Å². The number of hydrogen-bond acceptors (Lipinski definition) is 4. The monoisotopic (exact) mass is 211 g/mol. The second kappa shape index (κ2) is 4.60. The van der Waals surface area contributed by atoms with Crippen LogP contribution in [0.5, 0.6) is 0 Å². The lowest BCUT2D eigenvalue weighted by atomic mass is 9.96. The Kier molecular flexibility index (Phi) is 3.66. The Labute approximate surface area is 89.5 Å². The fourth-order valence-corrected chi connectivity index (χ4v) is 1.39. The van der Waals surface area contributed by atoms with E-state index >= 15 is 0 Å². The highest BCUT2D eigenvalue weighted by Gasteiger charge is 2.29. The molecule has 1 aliphatic heterocycles. The average molecular weight is 211 g/mol. The van der Waals surface area contributed by atoms with Crippen LogP contribution in [0.1, 0.15) is 20.3 Å². The van der Waals surface area contributed by atoms with E-state index in [1.54, 1.807) is 13.8 Å². The molecule has 0 spiro atoms. The van der Waals surface area contributed by atoms with Gasteiger partial charge >= 0.3 is 0 Å². The number of amides is 1. The van der Waals surface area contributed by atoms with E-state index in [0.717, 1.165) is 0 Å². The number of aliphatic hydroxyl groups is 1. The number of rotatable bonds is 3. The molecule has 5 heteroatoms. The lowest BCUT2D eigenvalue weighted by Gasteiger charge is -2.17. The number of nitriles is 1. The van der Waals surface area contributed by atoms with E-state index < -0.39 is 11.5 Å². The minimum absolute atomic E-state index is 0.144. The van der Waals surface area contributed by atoms with Gasteiger partial charge < -0.3 is 15.7 Å². The Hall–Kier alpha value is -1.12. The van der Waals surface area contributed by atoms with Crippen molar-refractivity contribution in [2.45, 2.75) is 32.4 Å². The number of hydrogen-bond donors (Lipinski definition) is 3. The maximum atomic E-state index is 11.6. The Morgan fingerprint density at radius 3 is 2.87 bits per heavy atom. The highest BCUT2D eigenvalue weighted by atomic mass is 16.3. The quantitative estimate of drug-likeness (QED) is 0.580. The summed E-state index contributed by atoms with van der Waals surface area (Å²) in [6.45, 7) is 4.32. The molecule has 0 bridgehead atoms. The van der Waals surface area contributed by atoms with Crippen LogP contribution in [0.2, 0.25) is 0 Å². The summed E-state index contributed by atoms with van der Waals surface area (Å²) < 4.78 is 0. The molecule has 0 aromatic heterocycles. The topological polar surface area (TPSA) is 85.2 Å². The molecule has 1 fully saturated rings. The molecule has 1 heterocycles. The Morgan fingerprint density at radius 2 is 2.40 bits per heavy atom. The van der Waals surface area contributed by atoms with Gasteiger partial charge in [-0.05, 0) is 20.3 Å². The fraction of sp³-hybridized carbons (Fsp3) is 0.800. The molecule has 1 amide bonds. The summed E-state index contributed by atoms with van der Waals surface area (Å²) in [6, 6.07) is 1.79. The van der Waals surface area contributed by atoms with Crippen molar-refractivity contribution in [2.24, 2.45) is 5.41 Å². The van der Waals surface area contributed by atoms with Gasteiger partial charge in [0.25, 0.3) is 0 Å². The van der Waals surface area contributed by atoms with Crippen LogP contribution in [0.15, 0.2) is 0 Å². The van der Waals surface area contributed by atoms with Gasteiger partial charge in [0.1, 0.15) is 0 Å². The molecule has 2 unspecified atom stereocenters. The third-order valence-corrected chi connectivity index (χ3v) is 2.43. The van der Waals surface area contributed by atoms with Crippen molar-refractivity contribution in [3.63, 3.8) is 0 Å². The van der Waals surface area contributed by atoms with Crippen molar-refractivity contribution < 1.29 is 9.90 Å². The predicted molar refractivity (Wildman–Crippen MR) is 54.8 cm³/mol. The number of nitrogens with zero attached hydrogens (tertiary/aromatic N) is 1. The number of aliphatic hydroxyl groups excluding tert-OH is 1. The predicted octanol–water partition coefficient (Wildman–Crippen LogP) is -0.625. The molecule has 2 atom stereocenters. The minimum Gasteiger partial charge on any atom is -0.392 e. The molecular weight excluding hydrogens is 194 g/mol. The van der Waals surface area contributed by atoms with Crippen LogP contribution in [-0.2, 0) is 4.79 Å². The van der Waals surface area contributed by atoms with Gasteiger partial charge in [-0.15, -0.1) is 0 Å². The molecule has 0 saturated carbocycles. The van der Waals surface area contributed by atoms with Crippen LogP contribution in [0, 0.1) is 16.7 Å². The van der Waals surface area contributed by atoms with E-state index in [1.165, 1.54) is 0 Å². The second-order valence-corrected chi connectivity index (χ2v) is 4.56. The summed E-state index contributed by atoms with van der Waals surface area (Å²) in [6.07, 6.45) is 0.00320. The van der Waals surface area contributed by atoms with Crippen LogP contribution < -0.4 is 10.6 Å². The third-order valence-electron chi connectivity index (χ3n) is 2.43. The lowest BCUT2D eigenvalue weighted by molar-refractivity contribution is -0.123. The highest BCUT2D eigenvalue weighted by molar-refractivity contribution is 5.82. The zero-order valence-electron chi connectivity index (χ0n) is 9.08. The zero-order valence-corrected chi connectivity index (χ0v) is 9.08. The van der Waals surface area contributed by atoms with Crippen molar-refractivity contribution in [1.29, 1.82) is 5.26 Å². The lowest BCUT2D eigenvalue weighted by Crippen LogP contribution is -2.43. The molecule has 5 nitrogen and oxygen atoms in total. The van der Waals surface area contributed by atoms with Gasteiger partial charge in [0, 0.05) is 13.1 Å². The molecule has 3 N–H and O–H groups in total. The first-order valence-electron chi connectivity index (χ1n) is 5.05. The summed E-state index contributed by atoms with van der Waals surface area (Å²) in [5.41, 5.74) is -0.549. The Morgan fingerprint density at radius 1 is 1.73 bits per heavy atom. The molecule has 1 saturated heterocycles. The van der Waals surface area contributed by atoms with Crippen LogP contribution in [0.4, 0.5) is 0 Å². The van der Waals surface area contributed by atoms with Crippen molar-refractivity contribution in [3.05, 3.63) is 0 Å². The van der Waals surface area contributed by atoms with E-state index in [-0.39, 0.29) is 11.9 Å². The number of nitrogens with one attached hydrogen (secondary N) is 2. The highest BCUT2D eigenvalue weighted by Crippen LogP contribution is 2.11. The van der Waals surface area contributed by atoms with Gasteiger partial charge in [0.2, 0.25) is 5.91 Å². The average Bonchev–Trinajstić information content (AvgIpc) is 2.61. The first-order chi connectivity index (χ1) is 6.94. The largest absolute Gasteiger partial charge is 0.392 e. The first-order valence-corrected chi connectivity index (χ1v) is 5.05. The van der Waals surface area contributed by atoms with E-state index in [0.29, 0.717) is 19.5 Å². The Bertz CT molecular complexity index is 283.